The fourth-order valence-corrected chi connectivity index (χ4v) is 7.23. The number of benzene rings is 3. The van der Waals surface area contributed by atoms with Gasteiger partial charge in [0.1, 0.15) is 5.82 Å². The van der Waals surface area contributed by atoms with Crippen LogP contribution in [0.1, 0.15) is 77.2 Å². The summed E-state index contributed by atoms with van der Waals surface area (Å²) in [7, 11) is 2.05. The lowest BCUT2D eigenvalue weighted by atomic mass is 9.73. The second kappa shape index (κ2) is 11.9. The number of aliphatic hydroxyl groups excluding tert-OH is 1. The van der Waals surface area contributed by atoms with Crippen LogP contribution in [0.4, 0.5) is 4.39 Å². The maximum absolute atomic E-state index is 16.9. The lowest BCUT2D eigenvalue weighted by Crippen LogP contribution is -2.51. The first kappa shape index (κ1) is 30.7. The maximum atomic E-state index is 16.9. The molecule has 3 aromatic carbocycles. The molecular formula is C35H37ClFN3O4. The van der Waals surface area contributed by atoms with Gasteiger partial charge in [-0.2, -0.15) is 5.26 Å². The van der Waals surface area contributed by atoms with Crippen molar-refractivity contribution in [2.24, 2.45) is 5.92 Å². The fraction of sp³-hybridized carbons (Fsp3) is 0.429. The minimum absolute atomic E-state index is 0.0684. The predicted molar refractivity (Wildman–Crippen MR) is 164 cm³/mol. The standard InChI is InChI=1S/C35H37ClFN3O4/c1-3-34(43,24-12-14-39(2)15-13-24)26-16-30-32(31(37)17-26)35(44-29-18-28(41)19-29,25-8-10-27(36)11-9-25)40(33(30)42)21-23-6-4-22(20-38)5-7-23/h4-11,16-17,24,28-29,41,43H,3,12-15,18-19,21H2,1-2H3/t28?,29?,34?,35-/m1/s1. The molecule has 230 valence electrons. The molecule has 0 radical (unpaired) electrons. The second-order valence-electron chi connectivity index (χ2n) is 12.5. The zero-order valence-electron chi connectivity index (χ0n) is 25.0. The van der Waals surface area contributed by atoms with Crippen LogP contribution in [0, 0.1) is 23.1 Å². The summed E-state index contributed by atoms with van der Waals surface area (Å²) in [6.07, 6.45) is 1.66. The molecule has 2 fully saturated rings. The van der Waals surface area contributed by atoms with E-state index in [-0.39, 0.29) is 23.6 Å². The summed E-state index contributed by atoms with van der Waals surface area (Å²) in [6, 6.07) is 18.9. The van der Waals surface area contributed by atoms with Crippen molar-refractivity contribution in [2.45, 2.75) is 69.1 Å². The van der Waals surface area contributed by atoms with Crippen molar-refractivity contribution in [1.29, 1.82) is 5.26 Å². The molecule has 6 rings (SSSR count). The highest BCUT2D eigenvalue weighted by Gasteiger charge is 2.57. The molecular weight excluding hydrogens is 581 g/mol. The number of hydrogen-bond acceptors (Lipinski definition) is 6. The summed E-state index contributed by atoms with van der Waals surface area (Å²) in [4.78, 5) is 18.3. The average molecular weight is 618 g/mol. The van der Waals surface area contributed by atoms with Crippen LogP contribution in [0.5, 0.6) is 0 Å². The number of amides is 1. The number of ether oxygens (including phenoxy) is 1. The third-order valence-corrected chi connectivity index (χ3v) is 10.0. The highest BCUT2D eigenvalue weighted by molar-refractivity contribution is 6.30. The maximum Gasteiger partial charge on any atom is 0.257 e. The van der Waals surface area contributed by atoms with Gasteiger partial charge in [0.2, 0.25) is 5.72 Å². The van der Waals surface area contributed by atoms with Crippen molar-refractivity contribution < 1.29 is 24.1 Å². The number of carbonyl (C=O) groups is 1. The number of rotatable bonds is 8. The van der Waals surface area contributed by atoms with Crippen LogP contribution in [0.25, 0.3) is 0 Å². The summed E-state index contributed by atoms with van der Waals surface area (Å²) in [5, 5.41) is 32.0. The Morgan fingerprint density at radius 3 is 2.36 bits per heavy atom. The fourth-order valence-electron chi connectivity index (χ4n) is 7.10. The van der Waals surface area contributed by atoms with E-state index in [1.54, 1.807) is 54.6 Å². The van der Waals surface area contributed by atoms with Crippen LogP contribution in [-0.2, 0) is 22.6 Å². The van der Waals surface area contributed by atoms with Gasteiger partial charge in [-0.05, 0) is 106 Å². The van der Waals surface area contributed by atoms with Crippen LogP contribution in [0.15, 0.2) is 60.7 Å². The highest BCUT2D eigenvalue weighted by atomic mass is 35.5. The third kappa shape index (κ3) is 5.21. The molecule has 7 nitrogen and oxygen atoms in total. The summed E-state index contributed by atoms with van der Waals surface area (Å²) >= 11 is 6.27. The first-order valence-electron chi connectivity index (χ1n) is 15.3. The summed E-state index contributed by atoms with van der Waals surface area (Å²) in [6.45, 7) is 3.63. The van der Waals surface area contributed by atoms with Crippen molar-refractivity contribution in [3.8, 4) is 6.07 Å². The summed E-state index contributed by atoms with van der Waals surface area (Å²) in [5.74, 6) is -1.15. The molecule has 1 aliphatic carbocycles. The number of nitrogens with zero attached hydrogens (tertiary/aromatic N) is 3. The Morgan fingerprint density at radius 2 is 1.77 bits per heavy atom. The van der Waals surface area contributed by atoms with Gasteiger partial charge in [-0.1, -0.05) is 42.8 Å². The molecule has 2 atom stereocenters. The van der Waals surface area contributed by atoms with E-state index in [2.05, 4.69) is 18.0 Å². The first-order valence-corrected chi connectivity index (χ1v) is 15.6. The number of nitriles is 1. The Bertz CT molecular complexity index is 1580. The van der Waals surface area contributed by atoms with E-state index in [9.17, 15) is 20.3 Å². The van der Waals surface area contributed by atoms with Crippen molar-refractivity contribution in [3.05, 3.63) is 105 Å². The van der Waals surface area contributed by atoms with Crippen LogP contribution < -0.4 is 0 Å². The summed E-state index contributed by atoms with van der Waals surface area (Å²) in [5.41, 5.74) is -0.598. The van der Waals surface area contributed by atoms with Crippen molar-refractivity contribution >= 4 is 17.5 Å². The molecule has 9 heteroatoms. The largest absolute Gasteiger partial charge is 0.393 e. The van der Waals surface area contributed by atoms with Crippen molar-refractivity contribution in [2.75, 3.05) is 20.1 Å². The molecule has 44 heavy (non-hydrogen) atoms. The van der Waals surface area contributed by atoms with Gasteiger partial charge in [-0.3, -0.25) is 9.69 Å². The Kier molecular flexibility index (Phi) is 8.29. The molecule has 3 aliphatic rings. The van der Waals surface area contributed by atoms with Gasteiger partial charge in [0.15, 0.2) is 0 Å². The van der Waals surface area contributed by atoms with Gasteiger partial charge in [-0.25, -0.2) is 4.39 Å². The molecule has 1 saturated carbocycles. The van der Waals surface area contributed by atoms with Crippen LogP contribution >= 0.6 is 11.6 Å². The molecule has 2 aliphatic heterocycles. The quantitative estimate of drug-likeness (QED) is 0.337. The van der Waals surface area contributed by atoms with E-state index in [0.717, 1.165) is 31.5 Å². The zero-order valence-corrected chi connectivity index (χ0v) is 25.7. The number of hydrogen-bond donors (Lipinski definition) is 2. The number of piperidine rings is 1. The van der Waals surface area contributed by atoms with Crippen LogP contribution in [0.3, 0.4) is 0 Å². The SMILES string of the molecule is CCC(O)(c1cc(F)c2c(c1)C(=O)N(Cc1ccc(C#N)cc1)[C@@]2(OC1CC(O)C1)c1ccc(Cl)cc1)C1CCN(C)CC1. The Hall–Kier alpha value is -3.32. The molecule has 1 unspecified atom stereocenters. The van der Waals surface area contributed by atoms with Gasteiger partial charge in [0.25, 0.3) is 5.91 Å². The lowest BCUT2D eigenvalue weighted by molar-refractivity contribution is -0.190. The van der Waals surface area contributed by atoms with Gasteiger partial charge in [0.05, 0.1) is 40.6 Å². The van der Waals surface area contributed by atoms with Gasteiger partial charge < -0.3 is 19.8 Å². The van der Waals surface area contributed by atoms with Crippen LogP contribution in [0.2, 0.25) is 5.02 Å². The lowest BCUT2D eigenvalue weighted by Gasteiger charge is -2.45. The smallest absolute Gasteiger partial charge is 0.257 e. The molecule has 0 bridgehead atoms. The molecule has 3 aromatic rings. The van der Waals surface area contributed by atoms with E-state index >= 15 is 4.39 Å². The average Bonchev–Trinajstić information content (AvgIpc) is 3.24. The van der Waals surface area contributed by atoms with Gasteiger partial charge in [0, 0.05) is 17.1 Å². The third-order valence-electron chi connectivity index (χ3n) is 9.78. The van der Waals surface area contributed by atoms with Crippen LogP contribution in [-0.4, -0.2) is 58.3 Å². The first-order chi connectivity index (χ1) is 21.1. The Balaban J connectivity index is 1.53. The van der Waals surface area contributed by atoms with E-state index in [1.807, 2.05) is 6.92 Å². The van der Waals surface area contributed by atoms with Crippen molar-refractivity contribution in [3.63, 3.8) is 0 Å². The normalized spacial score (nSPS) is 25.3. The zero-order chi connectivity index (χ0) is 31.2. The number of fused-ring (bicyclic) bond motifs is 1. The second-order valence-corrected chi connectivity index (χ2v) is 12.9. The molecule has 2 N–H and O–H groups in total. The monoisotopic (exact) mass is 617 g/mol. The predicted octanol–water partition coefficient (Wildman–Crippen LogP) is 5.69. The van der Waals surface area contributed by atoms with Gasteiger partial charge in [-0.15, -0.1) is 0 Å². The molecule has 0 spiro atoms. The van der Waals surface area contributed by atoms with Gasteiger partial charge >= 0.3 is 0 Å². The Morgan fingerprint density at radius 1 is 1.11 bits per heavy atom. The van der Waals surface area contributed by atoms with E-state index < -0.39 is 35.3 Å². The molecule has 1 saturated heterocycles. The van der Waals surface area contributed by atoms with E-state index in [4.69, 9.17) is 16.3 Å². The topological polar surface area (TPSA) is 97.0 Å². The molecule has 2 heterocycles. The number of aliphatic hydroxyl groups is 2. The molecule has 1 amide bonds. The van der Waals surface area contributed by atoms with E-state index in [0.29, 0.717) is 41.0 Å². The Labute approximate surface area is 262 Å². The minimum atomic E-state index is -1.66. The number of halogens is 2. The minimum Gasteiger partial charge on any atom is -0.393 e. The summed E-state index contributed by atoms with van der Waals surface area (Å²) < 4.78 is 23.6. The number of likely N-dealkylation sites (tertiary alicyclic amines) is 1. The number of carbonyl (C=O) groups excluding carboxylic acids is 1. The van der Waals surface area contributed by atoms with Crippen molar-refractivity contribution in [1.82, 2.24) is 9.80 Å². The highest BCUT2D eigenvalue weighted by Crippen LogP contribution is 2.51. The van der Waals surface area contributed by atoms with E-state index in [1.165, 1.54) is 11.0 Å². The molecule has 0 aromatic heterocycles.